The fourth-order valence-corrected chi connectivity index (χ4v) is 3.77. The van der Waals surface area contributed by atoms with Gasteiger partial charge in [-0.1, -0.05) is 41.9 Å². The Morgan fingerprint density at radius 1 is 1.16 bits per heavy atom. The molecule has 1 atom stereocenters. The van der Waals surface area contributed by atoms with Crippen molar-refractivity contribution in [3.8, 4) is 0 Å². The summed E-state index contributed by atoms with van der Waals surface area (Å²) in [6.45, 7) is 5.36. The van der Waals surface area contributed by atoms with Crippen LogP contribution in [0, 0.1) is 13.8 Å². The Kier molecular flexibility index (Phi) is 4.43. The molecule has 5 heteroatoms. The van der Waals surface area contributed by atoms with Gasteiger partial charge >= 0.3 is 0 Å². The summed E-state index contributed by atoms with van der Waals surface area (Å²) in [5.41, 5.74) is 1.84. The Hall–Kier alpha value is -2.17. The number of carbonyl (C=O) groups excluding carboxylic acids is 2. The summed E-state index contributed by atoms with van der Waals surface area (Å²) in [5, 5.41) is 11.7. The van der Waals surface area contributed by atoms with E-state index in [1.807, 2.05) is 44.2 Å². The number of aryl methyl sites for hydroxylation is 2. The first-order valence-corrected chi connectivity index (χ1v) is 8.51. The fourth-order valence-electron chi connectivity index (χ4n) is 3.57. The molecular formula is C20H20ClNO3. The van der Waals surface area contributed by atoms with Crippen LogP contribution in [0.15, 0.2) is 36.4 Å². The SMILES string of the molecule is CC(=O)C[C@@]1(O)C(=O)N(Cc2ccccc2Cl)c2c(C)ccc(C)c21. The van der Waals surface area contributed by atoms with E-state index >= 15 is 0 Å². The standard InChI is InChI=1S/C20H20ClNO3/c1-12-8-9-13(2)18-17(12)20(25,10-14(3)23)19(24)22(18)11-15-6-4-5-7-16(15)21/h4-9,25H,10-11H2,1-3H3/t20-/m0/s1. The van der Waals surface area contributed by atoms with Crippen LogP contribution in [-0.2, 0) is 21.7 Å². The molecule has 1 aliphatic rings. The molecule has 3 rings (SSSR count). The third-order valence-corrected chi connectivity index (χ3v) is 5.03. The first kappa shape index (κ1) is 17.6. The Balaban J connectivity index is 2.16. The molecule has 25 heavy (non-hydrogen) atoms. The molecule has 130 valence electrons. The van der Waals surface area contributed by atoms with E-state index in [2.05, 4.69) is 0 Å². The van der Waals surface area contributed by atoms with Gasteiger partial charge in [-0.25, -0.2) is 0 Å². The molecular weight excluding hydrogens is 338 g/mol. The van der Waals surface area contributed by atoms with Gasteiger partial charge in [0.1, 0.15) is 5.78 Å². The van der Waals surface area contributed by atoms with Crippen molar-refractivity contribution < 1.29 is 14.7 Å². The lowest BCUT2D eigenvalue weighted by atomic mass is 9.86. The molecule has 0 bridgehead atoms. The van der Waals surface area contributed by atoms with Gasteiger partial charge in [-0.3, -0.25) is 9.59 Å². The van der Waals surface area contributed by atoms with E-state index in [1.165, 1.54) is 6.92 Å². The van der Waals surface area contributed by atoms with E-state index < -0.39 is 11.5 Å². The molecule has 0 unspecified atom stereocenters. The second kappa shape index (κ2) is 6.28. The molecule has 0 fully saturated rings. The molecule has 2 aromatic rings. The summed E-state index contributed by atoms with van der Waals surface area (Å²) < 4.78 is 0. The number of halogens is 1. The second-order valence-electron chi connectivity index (χ2n) is 6.64. The van der Waals surface area contributed by atoms with E-state index in [1.54, 1.807) is 11.0 Å². The number of hydrogen-bond donors (Lipinski definition) is 1. The van der Waals surface area contributed by atoms with Crippen molar-refractivity contribution in [1.82, 2.24) is 0 Å². The van der Waals surface area contributed by atoms with Crippen molar-refractivity contribution in [2.24, 2.45) is 0 Å². The minimum Gasteiger partial charge on any atom is -0.375 e. The summed E-state index contributed by atoms with van der Waals surface area (Å²) >= 11 is 6.25. The number of benzene rings is 2. The molecule has 0 radical (unpaired) electrons. The second-order valence-corrected chi connectivity index (χ2v) is 7.05. The number of Topliss-reactive ketones (excluding diaryl/α,β-unsaturated/α-hetero) is 1. The van der Waals surface area contributed by atoms with E-state index in [0.29, 0.717) is 16.3 Å². The smallest absolute Gasteiger partial charge is 0.264 e. The maximum Gasteiger partial charge on any atom is 0.264 e. The largest absolute Gasteiger partial charge is 0.375 e. The topological polar surface area (TPSA) is 57.6 Å². The van der Waals surface area contributed by atoms with E-state index in [-0.39, 0.29) is 18.7 Å². The molecule has 1 aliphatic heterocycles. The minimum atomic E-state index is -1.82. The number of carbonyl (C=O) groups is 2. The lowest BCUT2D eigenvalue weighted by Gasteiger charge is -2.23. The number of rotatable bonds is 4. The van der Waals surface area contributed by atoms with Crippen molar-refractivity contribution in [3.05, 3.63) is 63.7 Å². The van der Waals surface area contributed by atoms with Crippen molar-refractivity contribution in [2.75, 3.05) is 4.90 Å². The third-order valence-electron chi connectivity index (χ3n) is 4.66. The van der Waals surface area contributed by atoms with Crippen LogP contribution in [0.1, 0.15) is 35.6 Å². The van der Waals surface area contributed by atoms with E-state index in [9.17, 15) is 14.7 Å². The molecule has 0 spiro atoms. The quantitative estimate of drug-likeness (QED) is 0.908. The van der Waals surface area contributed by atoms with Gasteiger partial charge in [-0.2, -0.15) is 0 Å². The zero-order valence-electron chi connectivity index (χ0n) is 14.5. The van der Waals surface area contributed by atoms with Crippen LogP contribution in [0.3, 0.4) is 0 Å². The van der Waals surface area contributed by atoms with Gasteiger partial charge in [0.05, 0.1) is 12.2 Å². The number of amides is 1. The van der Waals surface area contributed by atoms with Crippen molar-refractivity contribution in [3.63, 3.8) is 0 Å². The molecule has 2 aromatic carbocycles. The van der Waals surface area contributed by atoms with Gasteiger partial charge in [0, 0.05) is 17.0 Å². The van der Waals surface area contributed by atoms with Crippen LogP contribution < -0.4 is 4.90 Å². The number of nitrogens with zero attached hydrogens (tertiary/aromatic N) is 1. The van der Waals surface area contributed by atoms with E-state index in [0.717, 1.165) is 16.7 Å². The van der Waals surface area contributed by atoms with Gasteiger partial charge < -0.3 is 10.0 Å². The number of anilines is 1. The maximum absolute atomic E-state index is 13.1. The molecule has 1 N–H and O–H groups in total. The predicted octanol–water partition coefficient (Wildman–Crippen LogP) is 3.67. The lowest BCUT2D eigenvalue weighted by molar-refractivity contribution is -0.141. The molecule has 1 amide bonds. The molecule has 0 saturated heterocycles. The Morgan fingerprint density at radius 3 is 2.44 bits per heavy atom. The van der Waals surface area contributed by atoms with Gasteiger partial charge in [0.15, 0.2) is 5.60 Å². The van der Waals surface area contributed by atoms with Crippen LogP contribution in [0.4, 0.5) is 5.69 Å². The average Bonchev–Trinajstić information content (AvgIpc) is 2.75. The highest BCUT2D eigenvalue weighted by Gasteiger charge is 2.51. The zero-order valence-corrected chi connectivity index (χ0v) is 15.2. The predicted molar refractivity (Wildman–Crippen MR) is 97.8 cm³/mol. The highest BCUT2D eigenvalue weighted by molar-refractivity contribution is 6.31. The molecule has 4 nitrogen and oxygen atoms in total. The third kappa shape index (κ3) is 2.86. The van der Waals surface area contributed by atoms with Crippen molar-refractivity contribution in [2.45, 2.75) is 39.3 Å². The van der Waals surface area contributed by atoms with Crippen LogP contribution in [0.5, 0.6) is 0 Å². The molecule has 1 heterocycles. The first-order chi connectivity index (χ1) is 11.8. The lowest BCUT2D eigenvalue weighted by Crippen LogP contribution is -2.41. The van der Waals surface area contributed by atoms with Gasteiger partial charge in [-0.15, -0.1) is 0 Å². The molecule has 0 saturated carbocycles. The Labute approximate surface area is 152 Å². The Morgan fingerprint density at radius 2 is 1.80 bits per heavy atom. The van der Waals surface area contributed by atoms with Gasteiger partial charge in [0.25, 0.3) is 5.91 Å². The summed E-state index contributed by atoms with van der Waals surface area (Å²) in [7, 11) is 0. The van der Waals surface area contributed by atoms with Crippen molar-refractivity contribution in [1.29, 1.82) is 0 Å². The van der Waals surface area contributed by atoms with Crippen LogP contribution in [-0.4, -0.2) is 16.8 Å². The van der Waals surface area contributed by atoms with E-state index in [4.69, 9.17) is 11.6 Å². The zero-order chi connectivity index (χ0) is 18.4. The fraction of sp³-hybridized carbons (Fsp3) is 0.300. The van der Waals surface area contributed by atoms with Gasteiger partial charge in [-0.05, 0) is 43.5 Å². The number of aliphatic hydroxyl groups is 1. The maximum atomic E-state index is 13.1. The van der Waals surface area contributed by atoms with Crippen molar-refractivity contribution >= 4 is 29.0 Å². The van der Waals surface area contributed by atoms with Crippen LogP contribution in [0.25, 0.3) is 0 Å². The van der Waals surface area contributed by atoms with Crippen LogP contribution in [0.2, 0.25) is 5.02 Å². The summed E-state index contributed by atoms with van der Waals surface area (Å²) in [6, 6.07) is 11.1. The number of ketones is 1. The van der Waals surface area contributed by atoms with Crippen LogP contribution >= 0.6 is 11.6 Å². The number of fused-ring (bicyclic) bond motifs is 1. The monoisotopic (exact) mass is 357 g/mol. The summed E-state index contributed by atoms with van der Waals surface area (Å²) in [4.78, 5) is 26.4. The highest BCUT2D eigenvalue weighted by Crippen LogP contribution is 2.46. The first-order valence-electron chi connectivity index (χ1n) is 8.13. The Bertz CT molecular complexity index is 877. The molecule has 0 aromatic heterocycles. The minimum absolute atomic E-state index is 0.234. The van der Waals surface area contributed by atoms with Gasteiger partial charge in [0.2, 0.25) is 0 Å². The summed E-state index contributed by atoms with van der Waals surface area (Å²) in [6.07, 6.45) is -0.234. The molecule has 0 aliphatic carbocycles. The normalized spacial score (nSPS) is 19.2. The highest BCUT2D eigenvalue weighted by atomic mass is 35.5. The average molecular weight is 358 g/mol. The summed E-state index contributed by atoms with van der Waals surface area (Å²) in [5.74, 6) is -0.711. The number of hydrogen-bond acceptors (Lipinski definition) is 3.